The molecule has 0 aliphatic rings. The van der Waals surface area contributed by atoms with Gasteiger partial charge in [0.15, 0.2) is 0 Å². The van der Waals surface area contributed by atoms with E-state index in [-0.39, 0.29) is 5.91 Å². The van der Waals surface area contributed by atoms with E-state index in [9.17, 15) is 4.79 Å². The minimum absolute atomic E-state index is 0.00447. The van der Waals surface area contributed by atoms with E-state index in [0.29, 0.717) is 17.9 Å². The Hall–Kier alpha value is -2.14. The topological polar surface area (TPSA) is 64.3 Å². The summed E-state index contributed by atoms with van der Waals surface area (Å²) in [6.45, 7) is 0. The Bertz CT molecular complexity index is 599. The number of benzene rings is 2. The third-order valence-electron chi connectivity index (χ3n) is 2.83. The van der Waals surface area contributed by atoms with E-state index in [2.05, 4.69) is 5.32 Å². The number of anilines is 2. The maximum absolute atomic E-state index is 11.8. The largest absolute Gasteiger partial charge is 0.497 e. The predicted molar refractivity (Wildman–Crippen MR) is 87.8 cm³/mol. The second-order valence-corrected chi connectivity index (χ2v) is 5.62. The van der Waals surface area contributed by atoms with Gasteiger partial charge in [0.2, 0.25) is 5.91 Å². The zero-order valence-corrected chi connectivity index (χ0v) is 12.7. The van der Waals surface area contributed by atoms with Crippen LogP contribution in [0.5, 0.6) is 5.75 Å². The van der Waals surface area contributed by atoms with E-state index < -0.39 is 0 Å². The number of rotatable bonds is 6. The Morgan fingerprint density at radius 1 is 1.24 bits per heavy atom. The van der Waals surface area contributed by atoms with Gasteiger partial charge < -0.3 is 15.8 Å². The number of methoxy groups -OCH3 is 1. The zero-order chi connectivity index (χ0) is 15.1. The lowest BCUT2D eigenvalue weighted by Crippen LogP contribution is -2.12. The maximum Gasteiger partial charge on any atom is 0.225 e. The molecule has 0 unspecified atom stereocenters. The van der Waals surface area contributed by atoms with Crippen molar-refractivity contribution in [3.63, 3.8) is 0 Å². The van der Waals surface area contributed by atoms with Gasteiger partial charge in [-0.05, 0) is 42.5 Å². The van der Waals surface area contributed by atoms with Gasteiger partial charge in [-0.25, -0.2) is 0 Å². The van der Waals surface area contributed by atoms with Gasteiger partial charge >= 0.3 is 0 Å². The van der Waals surface area contributed by atoms with Crippen LogP contribution < -0.4 is 15.8 Å². The van der Waals surface area contributed by atoms with Crippen LogP contribution in [0, 0.1) is 0 Å². The summed E-state index contributed by atoms with van der Waals surface area (Å²) in [4.78, 5) is 12.9. The number of carbonyl (C=O) groups excluding carboxylic acids is 1. The van der Waals surface area contributed by atoms with Crippen molar-refractivity contribution in [1.29, 1.82) is 0 Å². The second-order valence-electron chi connectivity index (χ2n) is 4.45. The minimum Gasteiger partial charge on any atom is -0.497 e. The quantitative estimate of drug-likeness (QED) is 0.634. The number of nitrogens with one attached hydrogen (secondary N) is 1. The third kappa shape index (κ3) is 5.04. The van der Waals surface area contributed by atoms with E-state index in [0.717, 1.165) is 16.3 Å². The van der Waals surface area contributed by atoms with Gasteiger partial charge in [0, 0.05) is 28.4 Å². The van der Waals surface area contributed by atoms with Crippen LogP contribution in [-0.4, -0.2) is 18.8 Å². The summed E-state index contributed by atoms with van der Waals surface area (Å²) in [7, 11) is 1.64. The molecule has 0 heterocycles. The molecule has 0 aromatic heterocycles. The van der Waals surface area contributed by atoms with Crippen LogP contribution in [0.2, 0.25) is 0 Å². The van der Waals surface area contributed by atoms with Crippen molar-refractivity contribution in [3.05, 3.63) is 48.5 Å². The molecular weight excluding hydrogens is 284 g/mol. The SMILES string of the molecule is COc1cccc(SCCC(=O)Nc2ccc(N)cc2)c1. The number of hydrogen-bond donors (Lipinski definition) is 2. The summed E-state index contributed by atoms with van der Waals surface area (Å²) >= 11 is 1.63. The molecule has 2 rings (SSSR count). The highest BCUT2D eigenvalue weighted by Gasteiger charge is 2.03. The maximum atomic E-state index is 11.8. The summed E-state index contributed by atoms with van der Waals surface area (Å²) in [6.07, 6.45) is 0.451. The number of thioether (sulfide) groups is 1. The molecular formula is C16H18N2O2S. The Morgan fingerprint density at radius 3 is 2.71 bits per heavy atom. The Balaban J connectivity index is 1.77. The summed E-state index contributed by atoms with van der Waals surface area (Å²) in [6, 6.07) is 14.9. The predicted octanol–water partition coefficient (Wildman–Crippen LogP) is 3.40. The van der Waals surface area contributed by atoms with Crippen LogP contribution in [0.1, 0.15) is 6.42 Å². The molecule has 0 aliphatic carbocycles. The van der Waals surface area contributed by atoms with Gasteiger partial charge in [0.1, 0.15) is 5.75 Å². The van der Waals surface area contributed by atoms with E-state index in [1.807, 2.05) is 24.3 Å². The molecule has 2 aromatic carbocycles. The van der Waals surface area contributed by atoms with Crippen LogP contribution in [0.15, 0.2) is 53.4 Å². The lowest BCUT2D eigenvalue weighted by atomic mass is 10.3. The van der Waals surface area contributed by atoms with Crippen molar-refractivity contribution < 1.29 is 9.53 Å². The highest BCUT2D eigenvalue weighted by atomic mass is 32.2. The smallest absolute Gasteiger partial charge is 0.225 e. The molecule has 0 saturated heterocycles. The average molecular weight is 302 g/mol. The monoisotopic (exact) mass is 302 g/mol. The second kappa shape index (κ2) is 7.59. The first kappa shape index (κ1) is 15.3. The molecule has 3 N–H and O–H groups in total. The molecule has 0 radical (unpaired) electrons. The molecule has 0 atom stereocenters. The van der Waals surface area contributed by atoms with Gasteiger partial charge in [-0.1, -0.05) is 6.07 Å². The van der Waals surface area contributed by atoms with Gasteiger partial charge in [0.25, 0.3) is 0 Å². The van der Waals surface area contributed by atoms with Gasteiger partial charge in [0.05, 0.1) is 7.11 Å². The van der Waals surface area contributed by atoms with Crippen molar-refractivity contribution in [1.82, 2.24) is 0 Å². The standard InChI is InChI=1S/C16H18N2O2S/c1-20-14-3-2-4-15(11-14)21-10-9-16(19)18-13-7-5-12(17)6-8-13/h2-8,11H,9-10,17H2,1H3,(H,18,19). The van der Waals surface area contributed by atoms with Crippen molar-refractivity contribution in [2.75, 3.05) is 23.9 Å². The third-order valence-corrected chi connectivity index (χ3v) is 3.83. The normalized spacial score (nSPS) is 10.1. The minimum atomic E-state index is -0.00447. The highest BCUT2D eigenvalue weighted by Crippen LogP contribution is 2.23. The van der Waals surface area contributed by atoms with Crippen molar-refractivity contribution in [3.8, 4) is 5.75 Å². The van der Waals surface area contributed by atoms with E-state index in [1.165, 1.54) is 0 Å². The molecule has 1 amide bonds. The fourth-order valence-corrected chi connectivity index (χ4v) is 2.64. The number of nitrogens with two attached hydrogens (primary N) is 1. The van der Waals surface area contributed by atoms with E-state index >= 15 is 0 Å². The van der Waals surface area contributed by atoms with E-state index in [4.69, 9.17) is 10.5 Å². The summed E-state index contributed by atoms with van der Waals surface area (Å²) in [5.74, 6) is 1.54. The van der Waals surface area contributed by atoms with Gasteiger partial charge in [-0.3, -0.25) is 4.79 Å². The number of nitrogen functional groups attached to an aromatic ring is 1. The van der Waals surface area contributed by atoms with Gasteiger partial charge in [-0.2, -0.15) is 0 Å². The molecule has 0 bridgehead atoms. The number of hydrogen-bond acceptors (Lipinski definition) is 4. The van der Waals surface area contributed by atoms with Crippen LogP contribution in [0.3, 0.4) is 0 Å². The fraction of sp³-hybridized carbons (Fsp3) is 0.188. The van der Waals surface area contributed by atoms with Crippen LogP contribution in [0.4, 0.5) is 11.4 Å². The van der Waals surface area contributed by atoms with Crippen molar-refractivity contribution in [2.45, 2.75) is 11.3 Å². The fourth-order valence-electron chi connectivity index (χ4n) is 1.74. The molecule has 21 heavy (non-hydrogen) atoms. The first-order valence-corrected chi connectivity index (χ1v) is 7.58. The Kier molecular flexibility index (Phi) is 5.51. The summed E-state index contributed by atoms with van der Waals surface area (Å²) in [5.41, 5.74) is 7.05. The summed E-state index contributed by atoms with van der Waals surface area (Å²) < 4.78 is 5.17. The highest BCUT2D eigenvalue weighted by molar-refractivity contribution is 7.99. The Morgan fingerprint density at radius 2 is 2.00 bits per heavy atom. The molecule has 5 heteroatoms. The molecule has 0 fully saturated rings. The first-order chi connectivity index (χ1) is 10.2. The van der Waals surface area contributed by atoms with Crippen LogP contribution in [-0.2, 0) is 4.79 Å². The van der Waals surface area contributed by atoms with E-state index in [1.54, 1.807) is 43.1 Å². The van der Waals surface area contributed by atoms with Crippen molar-refractivity contribution >= 4 is 29.0 Å². The molecule has 0 aliphatic heterocycles. The lowest BCUT2D eigenvalue weighted by molar-refractivity contribution is -0.115. The summed E-state index contributed by atoms with van der Waals surface area (Å²) in [5, 5.41) is 2.85. The molecule has 2 aromatic rings. The number of ether oxygens (including phenoxy) is 1. The number of amides is 1. The molecule has 4 nitrogen and oxygen atoms in total. The molecule has 0 saturated carbocycles. The average Bonchev–Trinajstić information content (AvgIpc) is 2.50. The zero-order valence-electron chi connectivity index (χ0n) is 11.8. The lowest BCUT2D eigenvalue weighted by Gasteiger charge is -2.06. The Labute approximate surface area is 128 Å². The molecule has 110 valence electrons. The number of carbonyl (C=O) groups is 1. The first-order valence-electron chi connectivity index (χ1n) is 6.59. The van der Waals surface area contributed by atoms with Crippen LogP contribution >= 0.6 is 11.8 Å². The van der Waals surface area contributed by atoms with Crippen molar-refractivity contribution in [2.24, 2.45) is 0 Å². The van der Waals surface area contributed by atoms with Gasteiger partial charge in [-0.15, -0.1) is 11.8 Å². The molecule has 0 spiro atoms. The van der Waals surface area contributed by atoms with Crippen LogP contribution in [0.25, 0.3) is 0 Å².